The lowest BCUT2D eigenvalue weighted by atomic mass is 9.84. The van der Waals surface area contributed by atoms with Crippen molar-refractivity contribution in [2.75, 3.05) is 26.2 Å². The van der Waals surface area contributed by atoms with Gasteiger partial charge < -0.3 is 25.0 Å². The van der Waals surface area contributed by atoms with Crippen molar-refractivity contribution >= 4 is 5.91 Å². The van der Waals surface area contributed by atoms with Crippen molar-refractivity contribution in [2.24, 2.45) is 11.3 Å². The Hall–Kier alpha value is -3.16. The summed E-state index contributed by atoms with van der Waals surface area (Å²) in [7, 11) is 0. The molecule has 4 rings (SSSR count). The number of carbonyl (C=O) groups excluding carboxylic acids is 1. The van der Waals surface area contributed by atoms with Crippen molar-refractivity contribution in [3.05, 3.63) is 72.2 Å². The summed E-state index contributed by atoms with van der Waals surface area (Å²) in [4.78, 5) is 20.1. The molecular formula is C28H36N4O3. The van der Waals surface area contributed by atoms with Gasteiger partial charge in [-0.05, 0) is 48.5 Å². The fourth-order valence-corrected chi connectivity index (χ4v) is 4.96. The highest BCUT2D eigenvalue weighted by molar-refractivity contribution is 5.77. The number of phenolic OH excluding ortho intramolecular Hbond substituents is 1. The van der Waals surface area contributed by atoms with Crippen LogP contribution < -0.4 is 5.32 Å². The van der Waals surface area contributed by atoms with E-state index in [0.29, 0.717) is 19.0 Å². The number of aliphatic hydroxyl groups is 1. The highest BCUT2D eigenvalue weighted by Crippen LogP contribution is 2.40. The van der Waals surface area contributed by atoms with Gasteiger partial charge in [0.05, 0.1) is 11.7 Å². The van der Waals surface area contributed by atoms with Gasteiger partial charge in [0.2, 0.25) is 5.91 Å². The monoisotopic (exact) mass is 476 g/mol. The summed E-state index contributed by atoms with van der Waals surface area (Å²) in [6, 6.07) is 16.9. The van der Waals surface area contributed by atoms with Gasteiger partial charge in [0.25, 0.3) is 0 Å². The smallest absolute Gasteiger partial charge is 0.248 e. The van der Waals surface area contributed by atoms with Crippen LogP contribution in [0.5, 0.6) is 5.75 Å². The first-order valence-electron chi connectivity index (χ1n) is 12.3. The van der Waals surface area contributed by atoms with Crippen LogP contribution in [0.3, 0.4) is 0 Å². The highest BCUT2D eigenvalue weighted by Gasteiger charge is 2.39. The van der Waals surface area contributed by atoms with Crippen molar-refractivity contribution in [1.82, 2.24) is 19.8 Å². The Balaban J connectivity index is 1.82. The average molecular weight is 477 g/mol. The van der Waals surface area contributed by atoms with Crippen molar-refractivity contribution < 1.29 is 15.0 Å². The predicted molar refractivity (Wildman–Crippen MR) is 137 cm³/mol. The number of hydrogen-bond acceptors (Lipinski definition) is 5. The van der Waals surface area contributed by atoms with Crippen LogP contribution in [0.2, 0.25) is 0 Å². The number of aliphatic hydroxyl groups excluding tert-OH is 1. The molecule has 3 aromatic rings. The van der Waals surface area contributed by atoms with Gasteiger partial charge >= 0.3 is 0 Å². The summed E-state index contributed by atoms with van der Waals surface area (Å²) in [5.74, 6) is 1.03. The molecule has 0 spiro atoms. The molecule has 1 fully saturated rings. The fourth-order valence-electron chi connectivity index (χ4n) is 4.96. The maximum atomic E-state index is 13.1. The van der Waals surface area contributed by atoms with Gasteiger partial charge in [0.15, 0.2) is 0 Å². The lowest BCUT2D eigenvalue weighted by molar-refractivity contribution is -0.140. The van der Waals surface area contributed by atoms with Gasteiger partial charge in [-0.3, -0.25) is 4.79 Å². The molecule has 186 valence electrons. The lowest BCUT2D eigenvalue weighted by Gasteiger charge is -2.41. The Bertz CT molecular complexity index is 1130. The molecule has 2 heterocycles. The summed E-state index contributed by atoms with van der Waals surface area (Å²) in [5.41, 5.74) is 2.42. The third kappa shape index (κ3) is 5.92. The van der Waals surface area contributed by atoms with Gasteiger partial charge in [-0.25, -0.2) is 4.98 Å². The molecule has 0 aliphatic carbocycles. The Morgan fingerprint density at radius 2 is 1.97 bits per heavy atom. The van der Waals surface area contributed by atoms with E-state index in [-0.39, 0.29) is 23.1 Å². The molecule has 0 radical (unpaired) electrons. The number of aromatic hydroxyl groups is 1. The largest absolute Gasteiger partial charge is 0.508 e. The van der Waals surface area contributed by atoms with E-state index in [1.807, 2.05) is 53.6 Å². The first kappa shape index (κ1) is 24.9. The number of hydrogen-bond donors (Lipinski definition) is 3. The number of nitrogens with zero attached hydrogens (tertiary/aromatic N) is 3. The minimum atomic E-state index is -0.536. The molecule has 1 saturated heterocycles. The Kier molecular flexibility index (Phi) is 7.57. The SMILES string of the molecule is CC(C)(C)[C@H](c1nc(-c2ccccc2)cn1Cc1cccc(O)c1)N(CC1CCNC1)C(=O)CO. The van der Waals surface area contributed by atoms with E-state index in [0.717, 1.165) is 42.2 Å². The van der Waals surface area contributed by atoms with Crippen LogP contribution in [0.4, 0.5) is 0 Å². The molecule has 0 bridgehead atoms. The van der Waals surface area contributed by atoms with E-state index in [1.165, 1.54) is 0 Å². The van der Waals surface area contributed by atoms with Gasteiger partial charge in [0, 0.05) is 24.8 Å². The summed E-state index contributed by atoms with van der Waals surface area (Å²) in [5, 5.41) is 23.3. The third-order valence-corrected chi connectivity index (χ3v) is 6.59. The molecule has 0 saturated carbocycles. The molecule has 35 heavy (non-hydrogen) atoms. The Morgan fingerprint density at radius 1 is 1.20 bits per heavy atom. The number of carbonyl (C=O) groups is 1. The number of phenols is 1. The maximum Gasteiger partial charge on any atom is 0.248 e. The molecule has 1 aromatic heterocycles. The van der Waals surface area contributed by atoms with Crippen LogP contribution >= 0.6 is 0 Å². The van der Waals surface area contributed by atoms with Crippen LogP contribution in [-0.2, 0) is 11.3 Å². The minimum absolute atomic E-state index is 0.214. The van der Waals surface area contributed by atoms with Gasteiger partial charge in [-0.2, -0.15) is 0 Å². The first-order valence-corrected chi connectivity index (χ1v) is 12.3. The normalized spacial score (nSPS) is 16.9. The quantitative estimate of drug-likeness (QED) is 0.460. The van der Waals surface area contributed by atoms with Crippen molar-refractivity contribution in [2.45, 2.75) is 39.8 Å². The second-order valence-corrected chi connectivity index (χ2v) is 10.5. The van der Waals surface area contributed by atoms with Crippen molar-refractivity contribution in [3.8, 4) is 17.0 Å². The van der Waals surface area contributed by atoms with Crippen LogP contribution in [-0.4, -0.2) is 56.8 Å². The van der Waals surface area contributed by atoms with E-state index in [1.54, 1.807) is 12.1 Å². The van der Waals surface area contributed by atoms with Gasteiger partial charge in [-0.1, -0.05) is 63.2 Å². The zero-order chi connectivity index (χ0) is 25.0. The summed E-state index contributed by atoms with van der Waals surface area (Å²) >= 11 is 0. The van der Waals surface area contributed by atoms with Crippen LogP contribution in [0.1, 0.15) is 44.6 Å². The zero-order valence-electron chi connectivity index (χ0n) is 20.8. The van der Waals surface area contributed by atoms with E-state index in [9.17, 15) is 15.0 Å². The van der Waals surface area contributed by atoms with Crippen LogP contribution in [0.15, 0.2) is 60.8 Å². The average Bonchev–Trinajstić information content (AvgIpc) is 3.48. The summed E-state index contributed by atoms with van der Waals surface area (Å²) in [6.07, 6.45) is 3.02. The van der Waals surface area contributed by atoms with Gasteiger partial charge in [0.1, 0.15) is 18.2 Å². The Morgan fingerprint density at radius 3 is 2.60 bits per heavy atom. The van der Waals surface area contributed by atoms with Gasteiger partial charge in [-0.15, -0.1) is 0 Å². The minimum Gasteiger partial charge on any atom is -0.508 e. The number of rotatable bonds is 8. The van der Waals surface area contributed by atoms with E-state index >= 15 is 0 Å². The molecular weight excluding hydrogens is 440 g/mol. The topological polar surface area (TPSA) is 90.6 Å². The first-order chi connectivity index (χ1) is 16.8. The molecule has 1 aliphatic heterocycles. The third-order valence-electron chi connectivity index (χ3n) is 6.59. The van der Waals surface area contributed by atoms with Crippen molar-refractivity contribution in [1.29, 1.82) is 0 Å². The van der Waals surface area contributed by atoms with Crippen LogP contribution in [0.25, 0.3) is 11.3 Å². The highest BCUT2D eigenvalue weighted by atomic mass is 16.3. The number of amides is 1. The maximum absolute atomic E-state index is 13.1. The molecule has 7 heteroatoms. The second kappa shape index (κ2) is 10.6. The van der Waals surface area contributed by atoms with Crippen molar-refractivity contribution in [3.63, 3.8) is 0 Å². The molecule has 2 atom stereocenters. The van der Waals surface area contributed by atoms with E-state index < -0.39 is 6.61 Å². The van der Waals surface area contributed by atoms with E-state index in [4.69, 9.17) is 4.98 Å². The Labute approximate surface area is 207 Å². The molecule has 7 nitrogen and oxygen atoms in total. The number of imidazole rings is 1. The lowest BCUT2D eigenvalue weighted by Crippen LogP contribution is -2.46. The molecule has 1 aliphatic rings. The molecule has 3 N–H and O–H groups in total. The summed E-state index contributed by atoms with van der Waals surface area (Å²) < 4.78 is 2.08. The molecule has 2 aromatic carbocycles. The van der Waals surface area contributed by atoms with Crippen LogP contribution in [0, 0.1) is 11.3 Å². The number of aromatic nitrogens is 2. The second-order valence-electron chi connectivity index (χ2n) is 10.5. The molecule has 1 unspecified atom stereocenters. The summed E-state index contributed by atoms with van der Waals surface area (Å²) in [6.45, 7) is 8.66. The standard InChI is InChI=1S/C28H36N4O3/c1-28(2,3)26(32(25(35)19-33)17-21-12-13-29-15-21)27-30-24(22-9-5-4-6-10-22)18-31(27)16-20-8-7-11-23(34)14-20/h4-11,14,18,21,26,29,33-34H,12-13,15-17,19H2,1-3H3/t21?,26-/m0/s1. The number of nitrogens with one attached hydrogen (secondary N) is 1. The zero-order valence-corrected chi connectivity index (χ0v) is 20.8. The van der Waals surface area contributed by atoms with E-state index in [2.05, 4.69) is 30.7 Å². The number of benzene rings is 2. The fraction of sp³-hybridized carbons (Fsp3) is 0.429. The predicted octanol–water partition coefficient (Wildman–Crippen LogP) is 3.82. The molecule has 1 amide bonds.